The van der Waals surface area contributed by atoms with Crippen LogP contribution in [0.3, 0.4) is 0 Å². The average molecular weight is 277 g/mol. The van der Waals surface area contributed by atoms with E-state index < -0.39 is 5.60 Å². The topological polar surface area (TPSA) is 80.3 Å². The summed E-state index contributed by atoms with van der Waals surface area (Å²) in [5.41, 5.74) is 6.31. The molecule has 110 valence electrons. The van der Waals surface area contributed by atoms with Gasteiger partial charge >= 0.3 is 0 Å². The van der Waals surface area contributed by atoms with Crippen LogP contribution in [0.4, 0.5) is 5.69 Å². The van der Waals surface area contributed by atoms with Crippen molar-refractivity contribution in [2.24, 2.45) is 0 Å². The molecule has 3 rings (SSSR count). The van der Waals surface area contributed by atoms with Gasteiger partial charge in [0.15, 0.2) is 0 Å². The summed E-state index contributed by atoms with van der Waals surface area (Å²) in [7, 11) is 0. The molecule has 0 spiro atoms. The Balaban J connectivity index is 1.64. The third-order valence-corrected chi connectivity index (χ3v) is 4.40. The summed E-state index contributed by atoms with van der Waals surface area (Å²) in [5.74, 6) is -0.132. The predicted molar refractivity (Wildman–Crippen MR) is 77.5 cm³/mol. The van der Waals surface area contributed by atoms with Crippen LogP contribution in [-0.4, -0.2) is 27.7 Å². The van der Waals surface area contributed by atoms with Crippen molar-refractivity contribution < 1.29 is 9.90 Å². The van der Waals surface area contributed by atoms with Crippen LogP contribution in [0.25, 0.3) is 0 Å². The Kier molecular flexibility index (Phi) is 3.46. The maximum Gasteiger partial charge on any atom is 0.268 e. The molecule has 2 aliphatic carbocycles. The van der Waals surface area contributed by atoms with Crippen molar-refractivity contribution in [2.75, 3.05) is 12.3 Å². The van der Waals surface area contributed by atoms with Crippen molar-refractivity contribution in [3.8, 4) is 0 Å². The van der Waals surface area contributed by atoms with E-state index in [-0.39, 0.29) is 5.91 Å². The number of nitrogens with one attached hydrogen (secondary N) is 1. The van der Waals surface area contributed by atoms with Gasteiger partial charge in [-0.1, -0.05) is 19.3 Å². The zero-order valence-corrected chi connectivity index (χ0v) is 11.8. The second kappa shape index (κ2) is 5.13. The van der Waals surface area contributed by atoms with Crippen LogP contribution in [0, 0.1) is 0 Å². The fraction of sp³-hybridized carbons (Fsp3) is 0.667. The predicted octanol–water partition coefficient (Wildman–Crippen LogP) is 1.83. The van der Waals surface area contributed by atoms with Gasteiger partial charge in [-0.2, -0.15) is 0 Å². The van der Waals surface area contributed by atoms with Gasteiger partial charge in [-0.25, -0.2) is 0 Å². The van der Waals surface area contributed by atoms with Gasteiger partial charge in [-0.15, -0.1) is 0 Å². The van der Waals surface area contributed by atoms with E-state index in [0.717, 1.165) is 38.5 Å². The number of hydrogen-bond donors (Lipinski definition) is 3. The van der Waals surface area contributed by atoms with Crippen molar-refractivity contribution in [1.82, 2.24) is 9.88 Å². The summed E-state index contributed by atoms with van der Waals surface area (Å²) in [6, 6.07) is 2.14. The molecular formula is C15H23N3O2. The van der Waals surface area contributed by atoms with Crippen LogP contribution in [0.1, 0.15) is 61.5 Å². The van der Waals surface area contributed by atoms with E-state index >= 15 is 0 Å². The summed E-state index contributed by atoms with van der Waals surface area (Å²) in [5, 5.41) is 13.3. The van der Waals surface area contributed by atoms with E-state index in [2.05, 4.69) is 5.32 Å². The normalized spacial score (nSPS) is 21.6. The van der Waals surface area contributed by atoms with E-state index in [1.54, 1.807) is 6.07 Å². The van der Waals surface area contributed by atoms with Crippen molar-refractivity contribution >= 4 is 11.6 Å². The third-order valence-electron chi connectivity index (χ3n) is 4.40. The number of nitrogens with two attached hydrogens (primary N) is 1. The van der Waals surface area contributed by atoms with Crippen molar-refractivity contribution in [3.63, 3.8) is 0 Å². The van der Waals surface area contributed by atoms with Crippen molar-refractivity contribution in [2.45, 2.75) is 56.6 Å². The first kappa shape index (κ1) is 13.5. The average Bonchev–Trinajstić information content (AvgIpc) is 3.20. The van der Waals surface area contributed by atoms with Crippen LogP contribution in [0.15, 0.2) is 12.3 Å². The minimum Gasteiger partial charge on any atom is -0.397 e. The number of rotatable bonds is 4. The van der Waals surface area contributed by atoms with E-state index in [0.29, 0.717) is 24.0 Å². The van der Waals surface area contributed by atoms with Crippen LogP contribution < -0.4 is 11.1 Å². The number of amides is 1. The first-order valence-electron chi connectivity index (χ1n) is 7.55. The molecule has 2 saturated carbocycles. The van der Waals surface area contributed by atoms with Crippen molar-refractivity contribution in [1.29, 1.82) is 0 Å². The van der Waals surface area contributed by atoms with Crippen LogP contribution in [0.5, 0.6) is 0 Å². The first-order chi connectivity index (χ1) is 9.57. The number of anilines is 1. The molecule has 1 aromatic heterocycles. The lowest BCUT2D eigenvalue weighted by Crippen LogP contribution is -2.44. The maximum atomic E-state index is 12.3. The Labute approximate surface area is 119 Å². The highest BCUT2D eigenvalue weighted by molar-refractivity contribution is 5.94. The first-order valence-corrected chi connectivity index (χ1v) is 7.55. The second-order valence-corrected chi connectivity index (χ2v) is 6.26. The summed E-state index contributed by atoms with van der Waals surface area (Å²) in [4.78, 5) is 12.3. The maximum absolute atomic E-state index is 12.3. The number of carbonyl (C=O) groups is 1. The quantitative estimate of drug-likeness (QED) is 0.785. The molecule has 0 saturated heterocycles. The SMILES string of the molecule is Nc1cc(C(=O)NCC2(O)CCCCC2)n(C2CC2)c1. The molecule has 0 aromatic carbocycles. The van der Waals surface area contributed by atoms with Gasteiger partial charge in [0, 0.05) is 18.8 Å². The van der Waals surface area contributed by atoms with E-state index in [1.807, 2.05) is 10.8 Å². The second-order valence-electron chi connectivity index (χ2n) is 6.26. The molecule has 2 fully saturated rings. The zero-order valence-electron chi connectivity index (χ0n) is 11.8. The molecule has 4 N–H and O–H groups in total. The molecule has 1 aromatic rings. The van der Waals surface area contributed by atoms with Gasteiger partial charge in [-0.05, 0) is 31.7 Å². The third kappa shape index (κ3) is 2.82. The molecule has 0 bridgehead atoms. The summed E-state index contributed by atoms with van der Waals surface area (Å²) in [6.45, 7) is 0.335. The fourth-order valence-corrected chi connectivity index (χ4v) is 3.06. The van der Waals surface area contributed by atoms with E-state index in [9.17, 15) is 9.90 Å². The monoisotopic (exact) mass is 277 g/mol. The van der Waals surface area contributed by atoms with E-state index in [4.69, 9.17) is 5.73 Å². The van der Waals surface area contributed by atoms with Crippen LogP contribution >= 0.6 is 0 Å². The highest BCUT2D eigenvalue weighted by Crippen LogP contribution is 2.37. The molecule has 0 radical (unpaired) electrons. The Hall–Kier alpha value is -1.49. The number of aromatic nitrogens is 1. The minimum atomic E-state index is -0.726. The largest absolute Gasteiger partial charge is 0.397 e. The summed E-state index contributed by atoms with van der Waals surface area (Å²) < 4.78 is 1.97. The molecule has 1 amide bonds. The number of hydrogen-bond acceptors (Lipinski definition) is 3. The molecule has 5 heteroatoms. The molecule has 2 aliphatic rings. The van der Waals surface area contributed by atoms with Gasteiger partial charge in [0.25, 0.3) is 5.91 Å². The van der Waals surface area contributed by atoms with Gasteiger partial charge in [-0.3, -0.25) is 4.79 Å². The molecule has 1 heterocycles. The Morgan fingerprint density at radius 3 is 2.75 bits per heavy atom. The van der Waals surface area contributed by atoms with Crippen molar-refractivity contribution in [3.05, 3.63) is 18.0 Å². The van der Waals surface area contributed by atoms with Gasteiger partial charge in [0.1, 0.15) is 5.69 Å². The van der Waals surface area contributed by atoms with E-state index in [1.165, 1.54) is 6.42 Å². The smallest absolute Gasteiger partial charge is 0.268 e. The van der Waals surface area contributed by atoms with Crippen LogP contribution in [0.2, 0.25) is 0 Å². The molecule has 5 nitrogen and oxygen atoms in total. The Morgan fingerprint density at radius 1 is 1.40 bits per heavy atom. The highest BCUT2D eigenvalue weighted by Gasteiger charge is 2.31. The van der Waals surface area contributed by atoms with Crippen LogP contribution in [-0.2, 0) is 0 Å². The number of aliphatic hydroxyl groups is 1. The molecule has 20 heavy (non-hydrogen) atoms. The Morgan fingerprint density at radius 2 is 2.10 bits per heavy atom. The van der Waals surface area contributed by atoms with Gasteiger partial charge in [0.2, 0.25) is 0 Å². The molecule has 0 aliphatic heterocycles. The number of carbonyl (C=O) groups excluding carboxylic acids is 1. The lowest BCUT2D eigenvalue weighted by atomic mass is 9.85. The number of nitrogen functional groups attached to an aromatic ring is 1. The lowest BCUT2D eigenvalue weighted by Gasteiger charge is -2.32. The Bertz CT molecular complexity index is 499. The standard InChI is InChI=1S/C15H23N3O2/c16-11-8-13(18(9-11)12-4-5-12)14(19)17-10-15(20)6-2-1-3-7-15/h8-9,12,20H,1-7,10,16H2,(H,17,19). The lowest BCUT2D eigenvalue weighted by molar-refractivity contribution is 0.00517. The highest BCUT2D eigenvalue weighted by atomic mass is 16.3. The van der Waals surface area contributed by atoms with Gasteiger partial charge in [0.05, 0.1) is 11.3 Å². The number of nitrogens with zero attached hydrogens (tertiary/aromatic N) is 1. The molecule has 0 unspecified atom stereocenters. The minimum absolute atomic E-state index is 0.132. The summed E-state index contributed by atoms with van der Waals surface area (Å²) in [6.07, 6.45) is 8.86. The fourth-order valence-electron chi connectivity index (χ4n) is 3.06. The summed E-state index contributed by atoms with van der Waals surface area (Å²) >= 11 is 0. The molecular weight excluding hydrogens is 254 g/mol. The molecule has 0 atom stereocenters. The zero-order chi connectivity index (χ0) is 14.2. The van der Waals surface area contributed by atoms with Gasteiger partial charge < -0.3 is 20.7 Å².